The molecule has 0 fully saturated rings. The van der Waals surface area contributed by atoms with Crippen LogP contribution in [0.4, 0.5) is 9.52 Å². The molecule has 0 aliphatic heterocycles. The van der Waals surface area contributed by atoms with Crippen molar-refractivity contribution in [1.82, 2.24) is 9.55 Å². The first-order valence-electron chi connectivity index (χ1n) is 8.97. The minimum Gasteiger partial charge on any atom is -0.316 e. The van der Waals surface area contributed by atoms with Gasteiger partial charge in [-0.25, -0.2) is 9.37 Å². The third-order valence-corrected chi connectivity index (χ3v) is 5.64. The van der Waals surface area contributed by atoms with Crippen LogP contribution in [0.15, 0.2) is 65.1 Å². The lowest BCUT2D eigenvalue weighted by Crippen LogP contribution is -2.00. The van der Waals surface area contributed by atoms with Gasteiger partial charge < -0.3 is 4.57 Å². The summed E-state index contributed by atoms with van der Waals surface area (Å²) < 4.78 is 15.2. The Hall–Kier alpha value is -2.96. The van der Waals surface area contributed by atoms with Crippen LogP contribution in [0, 0.1) is 19.7 Å². The van der Waals surface area contributed by atoms with E-state index in [1.807, 2.05) is 43.5 Å². The molecule has 4 aromatic rings. The van der Waals surface area contributed by atoms with Crippen molar-refractivity contribution in [2.45, 2.75) is 13.8 Å². The molecule has 0 saturated heterocycles. The SMILES string of the molecule is Cc1cc(/C=N/Nc2nc(-c3ccc(F)cc3)cs2)c(C)n1-c1ccccc1Cl. The van der Waals surface area contributed by atoms with Crippen molar-refractivity contribution < 1.29 is 4.39 Å². The molecule has 7 heteroatoms. The Labute approximate surface area is 177 Å². The number of benzene rings is 2. The van der Waals surface area contributed by atoms with Crippen LogP contribution < -0.4 is 5.43 Å². The van der Waals surface area contributed by atoms with Gasteiger partial charge in [-0.15, -0.1) is 11.3 Å². The summed E-state index contributed by atoms with van der Waals surface area (Å²) in [5.74, 6) is -0.263. The highest BCUT2D eigenvalue weighted by atomic mass is 35.5. The van der Waals surface area contributed by atoms with Crippen molar-refractivity contribution in [2.24, 2.45) is 5.10 Å². The number of anilines is 1. The Morgan fingerprint density at radius 1 is 1.14 bits per heavy atom. The molecular formula is C22H18ClFN4S. The Morgan fingerprint density at radius 3 is 2.66 bits per heavy atom. The van der Waals surface area contributed by atoms with Gasteiger partial charge in [-0.1, -0.05) is 23.7 Å². The van der Waals surface area contributed by atoms with Crippen molar-refractivity contribution >= 4 is 34.3 Å². The minimum atomic E-state index is -0.263. The summed E-state index contributed by atoms with van der Waals surface area (Å²) in [6, 6.07) is 16.1. The normalized spacial score (nSPS) is 11.3. The second kappa shape index (κ2) is 8.19. The van der Waals surface area contributed by atoms with Gasteiger partial charge in [-0.2, -0.15) is 5.10 Å². The molecule has 4 rings (SSSR count). The average Bonchev–Trinajstić information content (AvgIpc) is 3.28. The van der Waals surface area contributed by atoms with E-state index >= 15 is 0 Å². The van der Waals surface area contributed by atoms with E-state index in [2.05, 4.69) is 26.1 Å². The quantitative estimate of drug-likeness (QED) is 0.295. The highest BCUT2D eigenvalue weighted by molar-refractivity contribution is 7.14. The first-order valence-corrected chi connectivity index (χ1v) is 10.2. The molecule has 2 aromatic heterocycles. The third-order valence-electron chi connectivity index (χ3n) is 4.57. The zero-order chi connectivity index (χ0) is 20.4. The number of hydrazone groups is 1. The molecule has 0 radical (unpaired) electrons. The van der Waals surface area contributed by atoms with Crippen LogP contribution >= 0.6 is 22.9 Å². The van der Waals surface area contributed by atoms with E-state index in [-0.39, 0.29) is 5.82 Å². The average molecular weight is 425 g/mol. The molecule has 29 heavy (non-hydrogen) atoms. The molecule has 0 unspecified atom stereocenters. The number of thiazole rings is 1. The number of rotatable bonds is 5. The number of para-hydroxylation sites is 1. The van der Waals surface area contributed by atoms with Crippen molar-refractivity contribution in [3.63, 3.8) is 0 Å². The van der Waals surface area contributed by atoms with E-state index in [4.69, 9.17) is 11.6 Å². The van der Waals surface area contributed by atoms with Gasteiger partial charge in [0.1, 0.15) is 5.82 Å². The van der Waals surface area contributed by atoms with Crippen LogP contribution in [0.5, 0.6) is 0 Å². The lowest BCUT2D eigenvalue weighted by Gasteiger charge is -2.11. The fourth-order valence-electron chi connectivity index (χ4n) is 3.16. The number of aryl methyl sites for hydroxylation is 1. The van der Waals surface area contributed by atoms with Crippen LogP contribution in [0.2, 0.25) is 5.02 Å². The summed E-state index contributed by atoms with van der Waals surface area (Å²) in [6.45, 7) is 4.07. The van der Waals surface area contributed by atoms with E-state index in [0.29, 0.717) is 10.2 Å². The lowest BCUT2D eigenvalue weighted by molar-refractivity contribution is 0.628. The molecule has 0 atom stereocenters. The van der Waals surface area contributed by atoms with Crippen LogP contribution in [0.3, 0.4) is 0 Å². The number of nitrogens with one attached hydrogen (secondary N) is 1. The van der Waals surface area contributed by atoms with Crippen molar-refractivity contribution in [1.29, 1.82) is 0 Å². The Bertz CT molecular complexity index is 1180. The summed E-state index contributed by atoms with van der Waals surface area (Å²) in [5.41, 5.74) is 8.67. The van der Waals surface area contributed by atoms with Gasteiger partial charge >= 0.3 is 0 Å². The predicted molar refractivity (Wildman–Crippen MR) is 119 cm³/mol. The molecule has 0 aliphatic rings. The van der Waals surface area contributed by atoms with Crippen molar-refractivity contribution in [3.8, 4) is 16.9 Å². The highest BCUT2D eigenvalue weighted by Crippen LogP contribution is 2.27. The van der Waals surface area contributed by atoms with Gasteiger partial charge in [0.05, 0.1) is 22.6 Å². The summed E-state index contributed by atoms with van der Waals surface area (Å²) in [7, 11) is 0. The smallest absolute Gasteiger partial charge is 0.203 e. The standard InChI is InChI=1S/C22H18ClFN4S/c1-14-11-17(15(2)28(14)21-6-4-3-5-19(21)23)12-25-27-22-26-20(13-29-22)16-7-9-18(24)10-8-16/h3-13H,1-2H3,(H,26,27)/b25-12+. The molecule has 0 aliphatic carbocycles. The van der Waals surface area contributed by atoms with Gasteiger partial charge in [-0.05, 0) is 56.3 Å². The van der Waals surface area contributed by atoms with Crippen LogP contribution in [0.25, 0.3) is 16.9 Å². The third kappa shape index (κ3) is 4.09. The minimum absolute atomic E-state index is 0.263. The van der Waals surface area contributed by atoms with Gasteiger partial charge in [0.25, 0.3) is 0 Å². The first-order chi connectivity index (χ1) is 14.0. The first kappa shape index (κ1) is 19.4. The number of halogens is 2. The second-order valence-electron chi connectivity index (χ2n) is 6.53. The van der Waals surface area contributed by atoms with Crippen LogP contribution in [-0.2, 0) is 0 Å². The maximum atomic E-state index is 13.1. The Balaban J connectivity index is 1.52. The molecule has 0 spiro atoms. The zero-order valence-corrected chi connectivity index (χ0v) is 17.4. The Morgan fingerprint density at radius 2 is 1.90 bits per heavy atom. The summed E-state index contributed by atoms with van der Waals surface area (Å²) >= 11 is 7.81. The van der Waals surface area contributed by atoms with Gasteiger partial charge in [-0.3, -0.25) is 5.43 Å². The second-order valence-corrected chi connectivity index (χ2v) is 7.79. The lowest BCUT2D eigenvalue weighted by atomic mass is 10.2. The fraction of sp³-hybridized carbons (Fsp3) is 0.0909. The number of hydrogen-bond donors (Lipinski definition) is 1. The van der Waals surface area contributed by atoms with Crippen LogP contribution in [-0.4, -0.2) is 15.8 Å². The molecule has 2 aromatic carbocycles. The summed E-state index contributed by atoms with van der Waals surface area (Å²) in [5, 5.41) is 7.61. The predicted octanol–water partition coefficient (Wildman–Crippen LogP) is 6.46. The van der Waals surface area contributed by atoms with E-state index in [9.17, 15) is 4.39 Å². The van der Waals surface area contributed by atoms with Crippen molar-refractivity contribution in [3.05, 3.63) is 87.8 Å². The van der Waals surface area contributed by atoms with E-state index in [1.165, 1.54) is 23.5 Å². The molecule has 0 saturated carbocycles. The van der Waals surface area contributed by atoms with Gasteiger partial charge in [0.15, 0.2) is 0 Å². The number of hydrogen-bond acceptors (Lipinski definition) is 4. The molecule has 4 nitrogen and oxygen atoms in total. The molecule has 0 bridgehead atoms. The van der Waals surface area contributed by atoms with Gasteiger partial charge in [0, 0.05) is 27.9 Å². The Kier molecular flexibility index (Phi) is 5.47. The number of nitrogens with zero attached hydrogens (tertiary/aromatic N) is 3. The topological polar surface area (TPSA) is 42.2 Å². The molecule has 2 heterocycles. The molecule has 1 N–H and O–H groups in total. The number of aromatic nitrogens is 2. The van der Waals surface area contributed by atoms with E-state index in [1.54, 1.807) is 18.3 Å². The van der Waals surface area contributed by atoms with Gasteiger partial charge in [0.2, 0.25) is 5.13 Å². The van der Waals surface area contributed by atoms with E-state index in [0.717, 1.165) is 33.9 Å². The van der Waals surface area contributed by atoms with Crippen molar-refractivity contribution in [2.75, 3.05) is 5.43 Å². The largest absolute Gasteiger partial charge is 0.316 e. The fourth-order valence-corrected chi connectivity index (χ4v) is 4.05. The zero-order valence-electron chi connectivity index (χ0n) is 15.9. The maximum absolute atomic E-state index is 13.1. The molecule has 0 amide bonds. The summed E-state index contributed by atoms with van der Waals surface area (Å²) in [4.78, 5) is 4.49. The summed E-state index contributed by atoms with van der Waals surface area (Å²) in [6.07, 6.45) is 1.77. The highest BCUT2D eigenvalue weighted by Gasteiger charge is 2.11. The molecular weight excluding hydrogens is 407 g/mol. The molecule has 146 valence electrons. The monoisotopic (exact) mass is 424 g/mol. The van der Waals surface area contributed by atoms with E-state index < -0.39 is 0 Å². The maximum Gasteiger partial charge on any atom is 0.203 e. The van der Waals surface area contributed by atoms with Crippen LogP contribution in [0.1, 0.15) is 17.0 Å².